The van der Waals surface area contributed by atoms with Crippen molar-refractivity contribution in [2.45, 2.75) is 96.3 Å². The lowest BCUT2D eigenvalue weighted by Gasteiger charge is -2.22. The van der Waals surface area contributed by atoms with Gasteiger partial charge in [0.25, 0.3) is 0 Å². The molecule has 0 aromatic carbocycles. The van der Waals surface area contributed by atoms with Crippen LogP contribution in [0.3, 0.4) is 0 Å². The van der Waals surface area contributed by atoms with Crippen molar-refractivity contribution in [2.24, 2.45) is 5.41 Å². The van der Waals surface area contributed by atoms with Crippen LogP contribution < -0.4 is 0 Å². The smallest absolute Gasteiger partial charge is 0.0965 e. The molecule has 0 aliphatic rings. The number of thiocarbonyl (C=S) groups is 1. The van der Waals surface area contributed by atoms with E-state index in [0.29, 0.717) is 12.8 Å². The minimum atomic E-state index is -0.674. The summed E-state index contributed by atoms with van der Waals surface area (Å²) in [6.07, 6.45) is 14.4. The summed E-state index contributed by atoms with van der Waals surface area (Å²) >= 11 is 11.0. The zero-order valence-electron chi connectivity index (χ0n) is 15.4. The van der Waals surface area contributed by atoms with Gasteiger partial charge in [0, 0.05) is 0 Å². The number of aliphatic hydroxyl groups excluding tert-OH is 1. The van der Waals surface area contributed by atoms with Gasteiger partial charge in [-0.3, -0.25) is 0 Å². The molecule has 0 aliphatic carbocycles. The van der Waals surface area contributed by atoms with Gasteiger partial charge in [0.05, 0.1) is 21.1 Å². The van der Waals surface area contributed by atoms with Crippen LogP contribution in [0.2, 0.25) is 0 Å². The minimum Gasteiger partial charge on any atom is -0.383 e. The van der Waals surface area contributed by atoms with Crippen LogP contribution in [0.5, 0.6) is 0 Å². The lowest BCUT2D eigenvalue weighted by atomic mass is 9.89. The third-order valence-electron chi connectivity index (χ3n) is 4.33. The Morgan fingerprint density at radius 2 is 1.62 bits per heavy atom. The van der Waals surface area contributed by atoms with Crippen molar-refractivity contribution in [3.63, 3.8) is 0 Å². The van der Waals surface area contributed by atoms with Crippen LogP contribution in [0.1, 0.15) is 90.9 Å². The lowest BCUT2D eigenvalue weighted by Crippen LogP contribution is -2.23. The molecule has 140 valence electrons. The van der Waals surface area contributed by atoms with E-state index in [1.165, 1.54) is 57.8 Å². The van der Waals surface area contributed by atoms with E-state index in [9.17, 15) is 10.4 Å². The van der Waals surface area contributed by atoms with Crippen LogP contribution >= 0.6 is 36.6 Å². The van der Waals surface area contributed by atoms with Gasteiger partial charge >= 0.3 is 0 Å². The van der Waals surface area contributed by atoms with Gasteiger partial charge in [-0.25, -0.2) is 0 Å². The third kappa shape index (κ3) is 12.6. The molecule has 2 nitrogen and oxygen atoms in total. The van der Waals surface area contributed by atoms with E-state index in [0.717, 1.165) is 16.4 Å². The molecule has 0 amide bonds. The fourth-order valence-corrected chi connectivity index (χ4v) is 4.06. The van der Waals surface area contributed by atoms with Gasteiger partial charge in [-0.05, 0) is 31.9 Å². The summed E-state index contributed by atoms with van der Waals surface area (Å²) in [4.78, 5) is 0. The van der Waals surface area contributed by atoms with E-state index in [1.54, 1.807) is 11.8 Å². The van der Waals surface area contributed by atoms with Gasteiger partial charge < -0.3 is 5.11 Å². The Balaban J connectivity index is 3.65. The van der Waals surface area contributed by atoms with Gasteiger partial charge in [0.1, 0.15) is 0 Å². The molecule has 5 heteroatoms. The number of hydrogen-bond acceptors (Lipinski definition) is 5. The molecule has 24 heavy (non-hydrogen) atoms. The van der Waals surface area contributed by atoms with Crippen molar-refractivity contribution < 1.29 is 5.11 Å². The molecular formula is C19H35NOS3. The van der Waals surface area contributed by atoms with Crippen LogP contribution in [0.4, 0.5) is 0 Å². The van der Waals surface area contributed by atoms with Crippen molar-refractivity contribution in [1.29, 1.82) is 5.26 Å². The number of hydrogen-bond donors (Lipinski definition) is 2. The highest BCUT2D eigenvalue weighted by molar-refractivity contribution is 8.23. The minimum absolute atomic E-state index is 0.492. The maximum absolute atomic E-state index is 9.39. The molecule has 0 rings (SSSR count). The number of nitrogens with zero attached hydrogens (tertiary/aromatic N) is 1. The van der Waals surface area contributed by atoms with Gasteiger partial charge in [0.2, 0.25) is 0 Å². The number of thiol groups is 1. The third-order valence-corrected chi connectivity index (χ3v) is 6.60. The molecular weight excluding hydrogens is 354 g/mol. The number of thioether (sulfide) groups is 1. The standard InChI is InChI=1S/C19H35NOS3/c1-3-4-5-6-7-8-9-10-11-12-15-24-18(23)19(2,16-20)14-13-17(21)22/h17,21-22H,3-15H2,1-2H3. The summed E-state index contributed by atoms with van der Waals surface area (Å²) in [6.45, 7) is 4.13. The van der Waals surface area contributed by atoms with Crippen LogP contribution in [0.25, 0.3) is 0 Å². The molecule has 0 saturated heterocycles. The van der Waals surface area contributed by atoms with Crippen molar-refractivity contribution in [2.75, 3.05) is 5.75 Å². The summed E-state index contributed by atoms with van der Waals surface area (Å²) in [5.41, 5.74) is -1.31. The van der Waals surface area contributed by atoms with Gasteiger partial charge in [0.15, 0.2) is 0 Å². The molecule has 0 aromatic rings. The zero-order chi connectivity index (χ0) is 18.3. The Hall–Kier alpha value is 0.240. The van der Waals surface area contributed by atoms with E-state index in [-0.39, 0.29) is 0 Å². The molecule has 0 radical (unpaired) electrons. The summed E-state index contributed by atoms with van der Waals surface area (Å²) in [5, 5.41) is 18.7. The summed E-state index contributed by atoms with van der Waals surface area (Å²) in [7, 11) is 0. The second-order valence-corrected chi connectivity index (χ2v) is 9.15. The largest absolute Gasteiger partial charge is 0.383 e. The Bertz CT molecular complexity index is 368. The number of unbranched alkanes of at least 4 members (excludes halogenated alkanes) is 9. The molecule has 0 bridgehead atoms. The summed E-state index contributed by atoms with van der Waals surface area (Å²) < 4.78 is 0.759. The Kier molecular flexibility index (Phi) is 15.6. The van der Waals surface area contributed by atoms with Gasteiger partial charge in [-0.1, -0.05) is 76.9 Å². The van der Waals surface area contributed by atoms with Crippen LogP contribution in [-0.2, 0) is 0 Å². The highest BCUT2D eigenvalue weighted by Crippen LogP contribution is 2.32. The molecule has 0 aliphatic heterocycles. The molecule has 0 fully saturated rings. The highest BCUT2D eigenvalue weighted by Gasteiger charge is 2.29. The Morgan fingerprint density at radius 1 is 1.12 bits per heavy atom. The van der Waals surface area contributed by atoms with Crippen LogP contribution in [0.15, 0.2) is 0 Å². The number of rotatable bonds is 15. The van der Waals surface area contributed by atoms with Crippen molar-refractivity contribution in [1.82, 2.24) is 0 Å². The zero-order valence-corrected chi connectivity index (χ0v) is 18.0. The normalized spacial score (nSPS) is 14.8. The fraction of sp³-hybridized carbons (Fsp3) is 0.895. The maximum Gasteiger partial charge on any atom is 0.0965 e. The van der Waals surface area contributed by atoms with E-state index in [4.69, 9.17) is 12.2 Å². The van der Waals surface area contributed by atoms with E-state index in [2.05, 4.69) is 25.6 Å². The maximum atomic E-state index is 9.39. The quantitative estimate of drug-likeness (QED) is 0.145. The van der Waals surface area contributed by atoms with Crippen LogP contribution in [0, 0.1) is 16.7 Å². The first kappa shape index (κ1) is 24.2. The molecule has 1 N–H and O–H groups in total. The van der Waals surface area contributed by atoms with Gasteiger partial charge in [-0.15, -0.1) is 24.4 Å². The molecule has 0 aromatic heterocycles. The van der Waals surface area contributed by atoms with Crippen molar-refractivity contribution >= 4 is 40.8 Å². The predicted molar refractivity (Wildman–Crippen MR) is 115 cm³/mol. The average Bonchev–Trinajstić information content (AvgIpc) is 2.57. The first-order chi connectivity index (χ1) is 11.5. The Labute approximate surface area is 164 Å². The first-order valence-electron chi connectivity index (χ1n) is 9.41. The molecule has 2 unspecified atom stereocenters. The van der Waals surface area contributed by atoms with E-state index >= 15 is 0 Å². The average molecular weight is 390 g/mol. The topological polar surface area (TPSA) is 44.0 Å². The number of nitriles is 1. The first-order valence-corrected chi connectivity index (χ1v) is 11.3. The lowest BCUT2D eigenvalue weighted by molar-refractivity contribution is 0.242. The second-order valence-electron chi connectivity index (χ2n) is 6.78. The van der Waals surface area contributed by atoms with Gasteiger partial charge in [-0.2, -0.15) is 5.26 Å². The molecule has 0 spiro atoms. The number of aliphatic hydroxyl groups is 1. The SMILES string of the molecule is CCCCCCCCCCCCSC(=S)C(C)(C#N)CCC(O)S. The molecule has 2 atom stereocenters. The fourth-order valence-electron chi connectivity index (χ4n) is 2.54. The van der Waals surface area contributed by atoms with Crippen molar-refractivity contribution in [3.05, 3.63) is 0 Å². The predicted octanol–water partition coefficient (Wildman–Crippen LogP) is 6.53. The second kappa shape index (κ2) is 15.5. The van der Waals surface area contributed by atoms with Crippen molar-refractivity contribution in [3.8, 4) is 6.07 Å². The molecule has 0 heterocycles. The summed E-state index contributed by atoms with van der Waals surface area (Å²) in [6, 6.07) is 2.32. The summed E-state index contributed by atoms with van der Waals surface area (Å²) in [5.74, 6) is 0.996. The van der Waals surface area contributed by atoms with Crippen LogP contribution in [-0.4, -0.2) is 20.5 Å². The molecule has 0 saturated carbocycles. The Morgan fingerprint density at radius 3 is 2.08 bits per heavy atom. The van der Waals surface area contributed by atoms with E-state index < -0.39 is 10.9 Å². The highest BCUT2D eigenvalue weighted by atomic mass is 32.2. The van der Waals surface area contributed by atoms with E-state index in [1.807, 2.05) is 6.92 Å². The monoisotopic (exact) mass is 389 g/mol.